The van der Waals surface area contributed by atoms with Crippen molar-refractivity contribution in [2.75, 3.05) is 31.1 Å². The molecule has 0 amide bonds. The maximum atomic E-state index is 12.3. The van der Waals surface area contributed by atoms with E-state index in [4.69, 9.17) is 0 Å². The Morgan fingerprint density at radius 3 is 2.44 bits per heavy atom. The summed E-state index contributed by atoms with van der Waals surface area (Å²) >= 11 is 3.34. The van der Waals surface area contributed by atoms with E-state index in [1.54, 1.807) is 24.5 Å². The van der Waals surface area contributed by atoms with E-state index in [1.165, 1.54) is 0 Å². The molecule has 3 heterocycles. The summed E-state index contributed by atoms with van der Waals surface area (Å²) in [6.07, 6.45) is 4.34. The van der Waals surface area contributed by atoms with Gasteiger partial charge in [0.05, 0.1) is 4.47 Å². The monoisotopic (exact) mass is 421 g/mol. The van der Waals surface area contributed by atoms with Crippen molar-refractivity contribution >= 4 is 37.7 Å². The summed E-state index contributed by atoms with van der Waals surface area (Å²) in [4.78, 5) is 13.1. The van der Waals surface area contributed by atoms with Gasteiger partial charge in [0, 0.05) is 44.1 Å². The van der Waals surface area contributed by atoms with Crippen molar-refractivity contribution in [1.29, 1.82) is 0 Å². The molecule has 0 saturated carbocycles. The van der Waals surface area contributed by atoms with Crippen LogP contribution < -0.4 is 4.90 Å². The molecule has 0 N–H and O–H groups in total. The normalized spacial score (nSPS) is 19.3. The number of sulfonamides is 1. The number of aromatic nitrogens is 2. The van der Waals surface area contributed by atoms with Gasteiger partial charge in [-0.2, -0.15) is 8.42 Å². The van der Waals surface area contributed by atoms with E-state index in [-0.39, 0.29) is 0 Å². The van der Waals surface area contributed by atoms with Gasteiger partial charge in [0.2, 0.25) is 5.95 Å². The second-order valence-corrected chi connectivity index (χ2v) is 8.40. The lowest BCUT2D eigenvalue weighted by Gasteiger charge is -2.23. The smallest absolute Gasteiger partial charge is 0.285 e. The first-order valence-corrected chi connectivity index (χ1v) is 10.2. The van der Waals surface area contributed by atoms with Crippen molar-refractivity contribution in [1.82, 2.24) is 14.9 Å². The maximum absolute atomic E-state index is 12.3. The molecule has 25 heavy (non-hydrogen) atoms. The van der Waals surface area contributed by atoms with Crippen LogP contribution in [0.2, 0.25) is 0 Å². The van der Waals surface area contributed by atoms with E-state index in [9.17, 15) is 8.42 Å². The highest BCUT2D eigenvalue weighted by Gasteiger charge is 2.32. The first-order chi connectivity index (χ1) is 12.0. The SMILES string of the molecule is O=S1(=O)N=C(N2CCCN(c3ncc(Br)cn3)CC2)c2ccccc21. The van der Waals surface area contributed by atoms with E-state index in [2.05, 4.69) is 35.2 Å². The molecule has 2 aliphatic heterocycles. The largest absolute Gasteiger partial charge is 0.354 e. The fraction of sp³-hybridized carbons (Fsp3) is 0.312. The Morgan fingerprint density at radius 1 is 0.960 bits per heavy atom. The standard InChI is InChI=1S/C16H16BrN5O2S/c17-12-10-18-16(19-11-12)22-7-3-6-21(8-9-22)15-13-4-1-2-5-14(13)25(23,24)20-15/h1-2,4-5,10-11H,3,6-9H2. The van der Waals surface area contributed by atoms with Crippen LogP contribution in [-0.4, -0.2) is 55.3 Å². The molecule has 0 bridgehead atoms. The number of amidine groups is 1. The zero-order chi connectivity index (χ0) is 17.4. The molecule has 0 unspecified atom stereocenters. The molecular formula is C16H16BrN5O2S. The summed E-state index contributed by atoms with van der Waals surface area (Å²) in [5.74, 6) is 1.24. The molecule has 4 rings (SSSR count). The van der Waals surface area contributed by atoms with Gasteiger partial charge in [-0.1, -0.05) is 12.1 Å². The number of halogens is 1. The Balaban J connectivity index is 1.57. The van der Waals surface area contributed by atoms with Crippen molar-refractivity contribution in [3.8, 4) is 0 Å². The van der Waals surface area contributed by atoms with E-state index in [0.717, 1.165) is 24.0 Å². The number of hydrogen-bond acceptors (Lipinski definition) is 6. The van der Waals surface area contributed by atoms with Crippen LogP contribution in [0.3, 0.4) is 0 Å². The van der Waals surface area contributed by atoms with Gasteiger partial charge in [0.1, 0.15) is 4.90 Å². The zero-order valence-corrected chi connectivity index (χ0v) is 15.7. The van der Waals surface area contributed by atoms with Crippen LogP contribution in [0.25, 0.3) is 0 Å². The van der Waals surface area contributed by atoms with Gasteiger partial charge in [-0.15, -0.1) is 4.40 Å². The molecule has 0 atom stereocenters. The van der Waals surface area contributed by atoms with Gasteiger partial charge in [0.15, 0.2) is 5.84 Å². The van der Waals surface area contributed by atoms with E-state index >= 15 is 0 Å². The molecule has 0 aliphatic carbocycles. The summed E-state index contributed by atoms with van der Waals surface area (Å²) in [5.41, 5.74) is 0.691. The van der Waals surface area contributed by atoms with Gasteiger partial charge in [-0.05, 0) is 34.5 Å². The summed E-state index contributed by atoms with van der Waals surface area (Å²) in [6.45, 7) is 2.94. The molecule has 2 aliphatic rings. The average molecular weight is 422 g/mol. The Hall–Kier alpha value is -2.00. The van der Waals surface area contributed by atoms with Crippen molar-refractivity contribution in [3.05, 3.63) is 46.7 Å². The number of rotatable bonds is 1. The summed E-state index contributed by atoms with van der Waals surface area (Å²) in [6, 6.07) is 7.00. The van der Waals surface area contributed by atoms with Crippen LogP contribution in [0.4, 0.5) is 5.95 Å². The highest BCUT2D eigenvalue weighted by Crippen LogP contribution is 2.28. The average Bonchev–Trinajstić information content (AvgIpc) is 2.77. The molecule has 1 aromatic carbocycles. The Kier molecular flexibility index (Phi) is 4.20. The highest BCUT2D eigenvalue weighted by atomic mass is 79.9. The lowest BCUT2D eigenvalue weighted by molar-refractivity contribution is 0.449. The topological polar surface area (TPSA) is 78.8 Å². The summed E-state index contributed by atoms with van der Waals surface area (Å²) < 4.78 is 29.4. The van der Waals surface area contributed by atoms with Crippen LogP contribution in [0.1, 0.15) is 12.0 Å². The van der Waals surface area contributed by atoms with Crippen LogP contribution in [0.15, 0.2) is 50.4 Å². The fourth-order valence-corrected chi connectivity index (χ4v) is 4.55. The molecular weight excluding hydrogens is 406 g/mol. The lowest BCUT2D eigenvalue weighted by atomic mass is 10.2. The minimum Gasteiger partial charge on any atom is -0.354 e. The van der Waals surface area contributed by atoms with Gasteiger partial charge < -0.3 is 9.80 Å². The third-order valence-corrected chi connectivity index (χ3v) is 6.03. The number of benzene rings is 1. The number of hydrogen-bond donors (Lipinski definition) is 0. The van der Waals surface area contributed by atoms with Gasteiger partial charge in [-0.3, -0.25) is 0 Å². The quantitative estimate of drug-likeness (QED) is 0.699. The number of nitrogens with zero attached hydrogens (tertiary/aromatic N) is 5. The minimum absolute atomic E-state index is 0.294. The highest BCUT2D eigenvalue weighted by molar-refractivity contribution is 9.10. The van der Waals surface area contributed by atoms with E-state index in [1.807, 2.05) is 17.0 Å². The minimum atomic E-state index is -3.58. The molecule has 1 fully saturated rings. The third kappa shape index (κ3) is 3.13. The third-order valence-electron chi connectivity index (χ3n) is 4.30. The predicted octanol–water partition coefficient (Wildman–Crippen LogP) is 1.90. The van der Waals surface area contributed by atoms with Crippen molar-refractivity contribution < 1.29 is 8.42 Å². The molecule has 2 aromatic rings. The second-order valence-electron chi connectivity index (χ2n) is 5.92. The molecule has 0 radical (unpaired) electrons. The lowest BCUT2D eigenvalue weighted by Crippen LogP contribution is -2.35. The van der Waals surface area contributed by atoms with Gasteiger partial charge >= 0.3 is 0 Å². The Labute approximate surface area is 154 Å². The second kappa shape index (κ2) is 6.38. The molecule has 9 heteroatoms. The van der Waals surface area contributed by atoms with E-state index in [0.29, 0.717) is 35.3 Å². The summed E-state index contributed by atoms with van der Waals surface area (Å²) in [5, 5.41) is 0. The van der Waals surface area contributed by atoms with Crippen LogP contribution in [-0.2, 0) is 10.0 Å². The Morgan fingerprint density at radius 2 is 1.64 bits per heavy atom. The number of fused-ring (bicyclic) bond motifs is 1. The van der Waals surface area contributed by atoms with Crippen LogP contribution in [0, 0.1) is 0 Å². The summed E-state index contributed by atoms with van der Waals surface area (Å²) in [7, 11) is -3.58. The van der Waals surface area contributed by atoms with E-state index < -0.39 is 10.0 Å². The molecule has 1 saturated heterocycles. The predicted molar refractivity (Wildman–Crippen MR) is 98.3 cm³/mol. The molecule has 1 aromatic heterocycles. The van der Waals surface area contributed by atoms with Gasteiger partial charge in [-0.25, -0.2) is 9.97 Å². The first-order valence-electron chi connectivity index (χ1n) is 7.96. The van der Waals surface area contributed by atoms with Crippen LogP contribution >= 0.6 is 15.9 Å². The molecule has 0 spiro atoms. The number of anilines is 1. The maximum Gasteiger partial charge on any atom is 0.285 e. The van der Waals surface area contributed by atoms with Crippen LogP contribution in [0.5, 0.6) is 0 Å². The first kappa shape index (κ1) is 16.5. The van der Waals surface area contributed by atoms with Gasteiger partial charge in [0.25, 0.3) is 10.0 Å². The fourth-order valence-electron chi connectivity index (χ4n) is 3.11. The molecule has 7 nitrogen and oxygen atoms in total. The van der Waals surface area contributed by atoms with Crippen molar-refractivity contribution in [2.24, 2.45) is 4.40 Å². The van der Waals surface area contributed by atoms with Crippen molar-refractivity contribution in [3.63, 3.8) is 0 Å². The van der Waals surface area contributed by atoms with Crippen molar-refractivity contribution in [2.45, 2.75) is 11.3 Å². The molecule has 130 valence electrons. The Bertz CT molecular complexity index is 930. The zero-order valence-electron chi connectivity index (χ0n) is 13.3.